The lowest BCUT2D eigenvalue weighted by Gasteiger charge is -2.36. The molecular weight excluding hydrogens is 613 g/mol. The fraction of sp³-hybridized carbons (Fsp3) is 0.423. The Bertz CT molecular complexity index is 1510. The number of rotatable bonds is 6. The third kappa shape index (κ3) is 8.28. The monoisotopic (exact) mass is 640 g/mol. The highest BCUT2D eigenvalue weighted by atomic mass is 35.5. The molecule has 43 heavy (non-hydrogen) atoms. The highest BCUT2D eigenvalue weighted by molar-refractivity contribution is 7.13. The fourth-order valence-corrected chi connectivity index (χ4v) is 4.94. The van der Waals surface area contributed by atoms with Crippen LogP contribution in [0.3, 0.4) is 0 Å². The number of carbonyl (C=O) groups excluding carboxylic acids is 3. The van der Waals surface area contributed by atoms with Gasteiger partial charge in [-0.15, -0.1) is 11.3 Å². The molecule has 17 heteroatoms. The van der Waals surface area contributed by atoms with Crippen LogP contribution in [0.4, 0.5) is 29.6 Å². The number of nitrogens with zero attached hydrogens (tertiary/aromatic N) is 6. The predicted molar refractivity (Wildman–Crippen MR) is 152 cm³/mol. The molecular formula is C26H28ClF3N8O4S. The smallest absolute Gasteiger partial charge is 0.418 e. The van der Waals surface area contributed by atoms with Gasteiger partial charge >= 0.3 is 12.3 Å². The van der Waals surface area contributed by atoms with E-state index < -0.39 is 40.2 Å². The van der Waals surface area contributed by atoms with Gasteiger partial charge in [-0.3, -0.25) is 9.59 Å². The number of aromatic nitrogens is 4. The van der Waals surface area contributed by atoms with Crippen LogP contribution in [0.15, 0.2) is 30.9 Å². The maximum Gasteiger partial charge on any atom is 0.418 e. The summed E-state index contributed by atoms with van der Waals surface area (Å²) in [5.74, 6) is -1.04. The summed E-state index contributed by atoms with van der Waals surface area (Å²) in [6.07, 6.45) is -1.78. The van der Waals surface area contributed by atoms with Crippen LogP contribution in [0, 0.1) is 0 Å². The van der Waals surface area contributed by atoms with Crippen LogP contribution in [0.5, 0.6) is 0 Å². The standard InChI is InChI=1S/C26H28ClF3N8O4S/c1-14(23-32-12-18(43-23)22(40)36-19-9-15(26(28,29)30)16(27)11-31-19)35-21(39)17-10-20(34-13-33-17)37-5-7-38(8-6-37)24(41)42-25(2,3)4/h9-14H,5-8H2,1-4H3,(H,35,39)(H,31,36,40). The van der Waals surface area contributed by atoms with E-state index in [1.807, 2.05) is 4.90 Å². The lowest BCUT2D eigenvalue weighted by molar-refractivity contribution is -0.137. The molecule has 1 unspecified atom stereocenters. The molecule has 0 spiro atoms. The number of hydrogen-bond donors (Lipinski definition) is 2. The number of alkyl halides is 3. The lowest BCUT2D eigenvalue weighted by Crippen LogP contribution is -2.50. The van der Waals surface area contributed by atoms with Gasteiger partial charge in [0.05, 0.1) is 22.8 Å². The minimum Gasteiger partial charge on any atom is -0.444 e. The van der Waals surface area contributed by atoms with Crippen molar-refractivity contribution in [3.8, 4) is 0 Å². The molecule has 1 aliphatic rings. The number of nitrogens with one attached hydrogen (secondary N) is 2. The molecule has 230 valence electrons. The minimum atomic E-state index is -4.72. The molecule has 1 fully saturated rings. The Balaban J connectivity index is 1.34. The van der Waals surface area contributed by atoms with Crippen molar-refractivity contribution in [2.45, 2.75) is 45.5 Å². The van der Waals surface area contributed by atoms with Crippen LogP contribution < -0.4 is 15.5 Å². The molecule has 4 heterocycles. The van der Waals surface area contributed by atoms with Crippen molar-refractivity contribution in [1.29, 1.82) is 0 Å². The Morgan fingerprint density at radius 3 is 2.35 bits per heavy atom. The summed E-state index contributed by atoms with van der Waals surface area (Å²) in [7, 11) is 0. The Labute approximate surface area is 253 Å². The molecule has 12 nitrogen and oxygen atoms in total. The summed E-state index contributed by atoms with van der Waals surface area (Å²) in [5.41, 5.74) is -1.61. The molecule has 0 saturated carbocycles. The third-order valence-electron chi connectivity index (χ3n) is 6.01. The summed E-state index contributed by atoms with van der Waals surface area (Å²) in [5, 5.41) is 4.85. The van der Waals surface area contributed by atoms with Gasteiger partial charge in [0.25, 0.3) is 11.8 Å². The largest absolute Gasteiger partial charge is 0.444 e. The number of halogens is 4. The number of ether oxygens (including phenoxy) is 1. The second-order valence-electron chi connectivity index (χ2n) is 10.5. The number of pyridine rings is 1. The fourth-order valence-electron chi connectivity index (χ4n) is 3.92. The van der Waals surface area contributed by atoms with Crippen LogP contribution in [0.2, 0.25) is 5.02 Å². The number of thiazole rings is 1. The van der Waals surface area contributed by atoms with Gasteiger partial charge in [-0.2, -0.15) is 13.2 Å². The second-order valence-corrected chi connectivity index (χ2v) is 11.9. The number of hydrogen-bond acceptors (Lipinski definition) is 10. The van der Waals surface area contributed by atoms with Crippen LogP contribution in [0.25, 0.3) is 0 Å². The van der Waals surface area contributed by atoms with E-state index in [0.717, 1.165) is 17.5 Å². The van der Waals surface area contributed by atoms with E-state index in [2.05, 4.69) is 30.6 Å². The molecule has 3 amide bonds. The van der Waals surface area contributed by atoms with Crippen LogP contribution in [-0.4, -0.2) is 74.5 Å². The van der Waals surface area contributed by atoms with E-state index in [-0.39, 0.29) is 22.5 Å². The van der Waals surface area contributed by atoms with E-state index in [1.165, 1.54) is 12.5 Å². The van der Waals surface area contributed by atoms with Crippen molar-refractivity contribution < 1.29 is 32.3 Å². The normalized spacial score (nSPS) is 14.7. The number of carbonyl (C=O) groups is 3. The van der Waals surface area contributed by atoms with Gasteiger partial charge in [0.2, 0.25) is 0 Å². The van der Waals surface area contributed by atoms with Gasteiger partial charge < -0.3 is 25.2 Å². The van der Waals surface area contributed by atoms with E-state index in [4.69, 9.17) is 16.3 Å². The van der Waals surface area contributed by atoms with Gasteiger partial charge in [0, 0.05) is 38.4 Å². The molecule has 0 aromatic carbocycles. The minimum absolute atomic E-state index is 0.0938. The maximum atomic E-state index is 13.1. The average molecular weight is 641 g/mol. The molecule has 2 N–H and O–H groups in total. The highest BCUT2D eigenvalue weighted by Crippen LogP contribution is 2.35. The van der Waals surface area contributed by atoms with Crippen LogP contribution >= 0.6 is 22.9 Å². The van der Waals surface area contributed by atoms with Gasteiger partial charge in [0.1, 0.15) is 39.1 Å². The summed E-state index contributed by atoms with van der Waals surface area (Å²) < 4.78 is 44.8. The molecule has 0 bridgehead atoms. The molecule has 0 radical (unpaired) electrons. The first-order valence-corrected chi connectivity index (χ1v) is 14.2. The second kappa shape index (κ2) is 12.7. The zero-order valence-corrected chi connectivity index (χ0v) is 25.1. The van der Waals surface area contributed by atoms with Crippen molar-refractivity contribution >= 4 is 52.5 Å². The van der Waals surface area contributed by atoms with E-state index in [9.17, 15) is 27.6 Å². The van der Waals surface area contributed by atoms with Crippen LogP contribution in [-0.2, 0) is 10.9 Å². The number of amides is 3. The average Bonchev–Trinajstić information content (AvgIpc) is 3.44. The molecule has 1 atom stereocenters. The van der Waals surface area contributed by atoms with Crippen molar-refractivity contribution in [3.05, 3.63) is 57.0 Å². The first kappa shape index (κ1) is 31.9. The highest BCUT2D eigenvalue weighted by Gasteiger charge is 2.34. The topological polar surface area (TPSA) is 143 Å². The number of anilines is 2. The molecule has 1 saturated heterocycles. The maximum absolute atomic E-state index is 13.1. The van der Waals surface area contributed by atoms with Crippen molar-refractivity contribution in [3.63, 3.8) is 0 Å². The van der Waals surface area contributed by atoms with Gasteiger partial charge in [-0.25, -0.2) is 24.7 Å². The quantitative estimate of drug-likeness (QED) is 0.388. The lowest BCUT2D eigenvalue weighted by atomic mass is 10.2. The van der Waals surface area contributed by atoms with E-state index >= 15 is 0 Å². The Kier molecular flexibility index (Phi) is 9.39. The van der Waals surface area contributed by atoms with E-state index in [1.54, 1.807) is 38.7 Å². The predicted octanol–water partition coefficient (Wildman–Crippen LogP) is 4.80. The first-order chi connectivity index (χ1) is 20.1. The zero-order valence-electron chi connectivity index (χ0n) is 23.5. The van der Waals surface area contributed by atoms with Crippen molar-refractivity contribution in [2.75, 3.05) is 36.4 Å². The Morgan fingerprint density at radius 1 is 1.00 bits per heavy atom. The molecule has 0 aliphatic carbocycles. The van der Waals surface area contributed by atoms with Crippen molar-refractivity contribution in [1.82, 2.24) is 30.2 Å². The number of piperazine rings is 1. The van der Waals surface area contributed by atoms with Gasteiger partial charge in [-0.05, 0) is 33.8 Å². The summed E-state index contributed by atoms with van der Waals surface area (Å²) in [4.78, 5) is 57.8. The SMILES string of the molecule is CC(NC(=O)c1cc(N2CCN(C(=O)OC(C)(C)C)CC2)ncn1)c1ncc(C(=O)Nc2cc(C(F)(F)F)c(Cl)cn2)s1. The third-order valence-corrected chi connectivity index (χ3v) is 7.49. The van der Waals surface area contributed by atoms with Crippen LogP contribution in [0.1, 0.15) is 64.5 Å². The molecule has 3 aromatic rings. The summed E-state index contributed by atoms with van der Waals surface area (Å²) >= 11 is 6.53. The van der Waals surface area contributed by atoms with Gasteiger partial charge in [-0.1, -0.05) is 11.6 Å². The van der Waals surface area contributed by atoms with Gasteiger partial charge in [0.15, 0.2) is 0 Å². The van der Waals surface area contributed by atoms with Crippen molar-refractivity contribution in [2.24, 2.45) is 0 Å². The Morgan fingerprint density at radius 2 is 1.70 bits per heavy atom. The molecule has 1 aliphatic heterocycles. The molecule has 4 rings (SSSR count). The van der Waals surface area contributed by atoms with E-state index in [0.29, 0.717) is 43.1 Å². The Hall–Kier alpha value is -4.05. The zero-order chi connectivity index (χ0) is 31.5. The summed E-state index contributed by atoms with van der Waals surface area (Å²) in [6.45, 7) is 8.90. The summed E-state index contributed by atoms with van der Waals surface area (Å²) in [6, 6.07) is 1.56. The first-order valence-electron chi connectivity index (χ1n) is 13.0. The molecule has 3 aromatic heterocycles.